The Balaban J connectivity index is 1.38. The first-order valence-corrected chi connectivity index (χ1v) is 10.1. The van der Waals surface area contributed by atoms with Crippen molar-refractivity contribution in [2.45, 2.75) is 6.42 Å². The summed E-state index contributed by atoms with van der Waals surface area (Å²) >= 11 is 0. The molecule has 1 aromatic carbocycles. The molecule has 4 aromatic rings. The van der Waals surface area contributed by atoms with E-state index in [0.29, 0.717) is 16.8 Å². The van der Waals surface area contributed by atoms with Crippen molar-refractivity contribution in [1.82, 2.24) is 15.0 Å². The van der Waals surface area contributed by atoms with Crippen molar-refractivity contribution in [1.29, 1.82) is 0 Å². The smallest absolute Gasteiger partial charge is 0.196 e. The minimum Gasteiger partial charge on any atom is -0.378 e. The van der Waals surface area contributed by atoms with E-state index in [1.807, 2.05) is 6.20 Å². The van der Waals surface area contributed by atoms with Crippen LogP contribution in [0.25, 0.3) is 11.0 Å². The molecule has 6 nitrogen and oxygen atoms in total. The molecule has 150 valence electrons. The van der Waals surface area contributed by atoms with Crippen LogP contribution < -0.4 is 4.90 Å². The summed E-state index contributed by atoms with van der Waals surface area (Å²) in [5.74, 6) is -0.0526. The molecule has 3 aromatic heterocycles. The SMILES string of the molecule is O=C(c1cccnc1)c1c[nH]c2ncc(Cc3ccc(N4CCOCC4)cc3)cc12. The van der Waals surface area contributed by atoms with E-state index in [2.05, 4.69) is 50.2 Å². The highest BCUT2D eigenvalue weighted by atomic mass is 16.5. The van der Waals surface area contributed by atoms with Crippen molar-refractivity contribution >= 4 is 22.5 Å². The van der Waals surface area contributed by atoms with E-state index < -0.39 is 0 Å². The molecule has 30 heavy (non-hydrogen) atoms. The summed E-state index contributed by atoms with van der Waals surface area (Å²) in [5, 5.41) is 0.839. The van der Waals surface area contributed by atoms with Gasteiger partial charge in [0.25, 0.3) is 0 Å². The predicted molar refractivity (Wildman–Crippen MR) is 116 cm³/mol. The molecule has 5 rings (SSSR count). The van der Waals surface area contributed by atoms with Gasteiger partial charge in [0, 0.05) is 60.1 Å². The summed E-state index contributed by atoms with van der Waals surface area (Å²) in [6.45, 7) is 3.43. The summed E-state index contributed by atoms with van der Waals surface area (Å²) in [7, 11) is 0. The van der Waals surface area contributed by atoms with Gasteiger partial charge in [0.2, 0.25) is 0 Å². The number of pyridine rings is 2. The summed E-state index contributed by atoms with van der Waals surface area (Å²) < 4.78 is 5.43. The zero-order valence-electron chi connectivity index (χ0n) is 16.5. The lowest BCUT2D eigenvalue weighted by molar-refractivity contribution is 0.104. The predicted octanol–water partition coefficient (Wildman–Crippen LogP) is 3.62. The number of carbonyl (C=O) groups is 1. The molecule has 1 N–H and O–H groups in total. The number of anilines is 1. The second-order valence-electron chi connectivity index (χ2n) is 7.46. The van der Waals surface area contributed by atoms with Gasteiger partial charge in [-0.3, -0.25) is 9.78 Å². The van der Waals surface area contributed by atoms with Crippen molar-refractivity contribution in [2.24, 2.45) is 0 Å². The number of fused-ring (bicyclic) bond motifs is 1. The number of hydrogen-bond donors (Lipinski definition) is 1. The number of carbonyl (C=O) groups excluding carboxylic acids is 1. The number of hydrogen-bond acceptors (Lipinski definition) is 5. The van der Waals surface area contributed by atoms with Crippen LogP contribution in [0, 0.1) is 0 Å². The molecule has 0 bridgehead atoms. The van der Waals surface area contributed by atoms with Crippen LogP contribution in [0.4, 0.5) is 5.69 Å². The number of morpholine rings is 1. The number of aromatic nitrogens is 3. The summed E-state index contributed by atoms with van der Waals surface area (Å²) in [5.41, 5.74) is 5.42. The second kappa shape index (κ2) is 8.08. The largest absolute Gasteiger partial charge is 0.378 e. The van der Waals surface area contributed by atoms with Gasteiger partial charge in [-0.05, 0) is 47.9 Å². The maximum Gasteiger partial charge on any atom is 0.196 e. The number of ether oxygens (including phenoxy) is 1. The number of aromatic amines is 1. The van der Waals surface area contributed by atoms with Gasteiger partial charge in [-0.2, -0.15) is 0 Å². The Labute approximate surface area is 174 Å². The van der Waals surface area contributed by atoms with Crippen molar-refractivity contribution in [3.8, 4) is 0 Å². The first-order valence-electron chi connectivity index (χ1n) is 10.1. The third-order valence-corrected chi connectivity index (χ3v) is 5.48. The number of benzene rings is 1. The number of ketones is 1. The minimum atomic E-state index is -0.0526. The molecule has 0 aliphatic carbocycles. The molecule has 0 spiro atoms. The second-order valence-corrected chi connectivity index (χ2v) is 7.46. The Hall–Kier alpha value is -3.51. The standard InChI is InChI=1S/C24H22N4O2/c29-23(19-2-1-7-25-15-19)22-16-27-24-21(22)13-18(14-26-24)12-17-3-5-20(6-4-17)28-8-10-30-11-9-28/h1-7,13-16H,8-12H2,(H,26,27). The summed E-state index contributed by atoms with van der Waals surface area (Å²) in [6, 6.07) is 14.3. The zero-order chi connectivity index (χ0) is 20.3. The molecular weight excluding hydrogens is 376 g/mol. The van der Waals surface area contributed by atoms with Gasteiger partial charge in [0.15, 0.2) is 5.78 Å². The molecule has 4 heterocycles. The molecule has 1 aliphatic rings. The van der Waals surface area contributed by atoms with Crippen LogP contribution in [0.2, 0.25) is 0 Å². The molecule has 0 radical (unpaired) electrons. The van der Waals surface area contributed by atoms with E-state index in [0.717, 1.165) is 43.7 Å². The Morgan fingerprint density at radius 3 is 2.67 bits per heavy atom. The lowest BCUT2D eigenvalue weighted by Crippen LogP contribution is -2.36. The Kier molecular flexibility index (Phi) is 4.99. The Morgan fingerprint density at radius 1 is 1.07 bits per heavy atom. The van der Waals surface area contributed by atoms with E-state index >= 15 is 0 Å². The van der Waals surface area contributed by atoms with Crippen molar-refractivity contribution < 1.29 is 9.53 Å². The quantitative estimate of drug-likeness (QED) is 0.520. The number of H-pyrrole nitrogens is 1. The first kappa shape index (κ1) is 18.5. The fourth-order valence-corrected chi connectivity index (χ4v) is 3.87. The number of rotatable bonds is 5. The highest BCUT2D eigenvalue weighted by Crippen LogP contribution is 2.23. The molecule has 0 amide bonds. The van der Waals surface area contributed by atoms with Crippen LogP contribution >= 0.6 is 0 Å². The van der Waals surface area contributed by atoms with Crippen LogP contribution in [-0.4, -0.2) is 47.0 Å². The van der Waals surface area contributed by atoms with E-state index in [-0.39, 0.29) is 5.78 Å². The highest BCUT2D eigenvalue weighted by Gasteiger charge is 2.16. The zero-order valence-corrected chi connectivity index (χ0v) is 16.5. The first-order chi connectivity index (χ1) is 14.8. The van der Waals surface area contributed by atoms with Crippen molar-refractivity contribution in [2.75, 3.05) is 31.2 Å². The fourth-order valence-electron chi connectivity index (χ4n) is 3.87. The third kappa shape index (κ3) is 3.69. The molecular formula is C24H22N4O2. The molecule has 0 saturated carbocycles. The molecule has 6 heteroatoms. The van der Waals surface area contributed by atoms with Gasteiger partial charge in [-0.25, -0.2) is 4.98 Å². The van der Waals surface area contributed by atoms with Crippen LogP contribution in [-0.2, 0) is 11.2 Å². The average Bonchev–Trinajstić information content (AvgIpc) is 3.23. The van der Waals surface area contributed by atoms with Crippen LogP contribution in [0.1, 0.15) is 27.0 Å². The molecule has 1 aliphatic heterocycles. The summed E-state index contributed by atoms with van der Waals surface area (Å²) in [4.78, 5) is 26.9. The topological polar surface area (TPSA) is 71.1 Å². The fraction of sp³-hybridized carbons (Fsp3) is 0.208. The van der Waals surface area contributed by atoms with Crippen molar-refractivity contribution in [3.63, 3.8) is 0 Å². The molecule has 1 fully saturated rings. The van der Waals surface area contributed by atoms with E-state index in [9.17, 15) is 4.79 Å². The average molecular weight is 398 g/mol. The van der Waals surface area contributed by atoms with Crippen molar-refractivity contribution in [3.05, 3.63) is 89.5 Å². The van der Waals surface area contributed by atoms with Gasteiger partial charge >= 0.3 is 0 Å². The summed E-state index contributed by atoms with van der Waals surface area (Å²) in [6.07, 6.45) is 7.61. The third-order valence-electron chi connectivity index (χ3n) is 5.48. The normalized spacial score (nSPS) is 14.2. The molecule has 0 unspecified atom stereocenters. The lowest BCUT2D eigenvalue weighted by Gasteiger charge is -2.28. The lowest BCUT2D eigenvalue weighted by atomic mass is 10.0. The van der Waals surface area contributed by atoms with E-state index in [1.54, 1.807) is 30.7 Å². The Bertz CT molecular complexity index is 1160. The van der Waals surface area contributed by atoms with Crippen LogP contribution in [0.15, 0.2) is 67.3 Å². The molecule has 1 saturated heterocycles. The van der Waals surface area contributed by atoms with Gasteiger partial charge in [0.05, 0.1) is 13.2 Å². The van der Waals surface area contributed by atoms with E-state index in [4.69, 9.17) is 4.74 Å². The highest BCUT2D eigenvalue weighted by molar-refractivity contribution is 6.15. The van der Waals surface area contributed by atoms with Crippen LogP contribution in [0.3, 0.4) is 0 Å². The van der Waals surface area contributed by atoms with Crippen LogP contribution in [0.5, 0.6) is 0 Å². The van der Waals surface area contributed by atoms with Gasteiger partial charge in [-0.15, -0.1) is 0 Å². The van der Waals surface area contributed by atoms with Gasteiger partial charge in [-0.1, -0.05) is 12.1 Å². The number of nitrogens with one attached hydrogen (secondary N) is 1. The molecule has 0 atom stereocenters. The minimum absolute atomic E-state index is 0.0526. The maximum atomic E-state index is 12.9. The van der Waals surface area contributed by atoms with Gasteiger partial charge in [0.1, 0.15) is 5.65 Å². The number of nitrogens with zero attached hydrogens (tertiary/aromatic N) is 3. The monoisotopic (exact) mass is 398 g/mol. The maximum absolute atomic E-state index is 12.9. The van der Waals surface area contributed by atoms with Gasteiger partial charge < -0.3 is 14.6 Å². The van der Waals surface area contributed by atoms with E-state index in [1.165, 1.54) is 11.3 Å². The Morgan fingerprint density at radius 2 is 1.90 bits per heavy atom.